The molecule has 1 aromatic heterocycles. The number of hydrazine groups is 2. The standard InChI is InChI=1S/C8H14N6/c9-14-8(7-3-12-13-4-7)6-1-10-5-11-2-6/h1-2,5,7-8,12-14H,3-4,9H2. The van der Waals surface area contributed by atoms with Gasteiger partial charge in [-0.3, -0.25) is 22.1 Å². The average Bonchev–Trinajstić information content (AvgIpc) is 2.74. The zero-order valence-electron chi connectivity index (χ0n) is 7.77. The summed E-state index contributed by atoms with van der Waals surface area (Å²) >= 11 is 0. The molecule has 1 saturated heterocycles. The van der Waals surface area contributed by atoms with E-state index >= 15 is 0 Å². The summed E-state index contributed by atoms with van der Waals surface area (Å²) in [4.78, 5) is 7.95. The molecule has 0 saturated carbocycles. The van der Waals surface area contributed by atoms with Crippen LogP contribution in [0.5, 0.6) is 0 Å². The van der Waals surface area contributed by atoms with Crippen molar-refractivity contribution >= 4 is 0 Å². The molecule has 6 nitrogen and oxygen atoms in total. The summed E-state index contributed by atoms with van der Waals surface area (Å²) in [6.45, 7) is 1.79. The number of rotatable bonds is 3. The van der Waals surface area contributed by atoms with E-state index in [0.717, 1.165) is 18.7 Å². The molecule has 0 amide bonds. The molecule has 2 heterocycles. The highest BCUT2D eigenvalue weighted by Crippen LogP contribution is 2.20. The van der Waals surface area contributed by atoms with Crippen molar-refractivity contribution in [3.05, 3.63) is 24.3 Å². The molecule has 1 aliphatic heterocycles. The SMILES string of the molecule is NNC(c1cncnc1)C1CNNC1. The highest BCUT2D eigenvalue weighted by atomic mass is 15.4. The molecule has 6 heteroatoms. The molecular formula is C8H14N6. The summed E-state index contributed by atoms with van der Waals surface area (Å²) in [5.74, 6) is 5.95. The summed E-state index contributed by atoms with van der Waals surface area (Å²) < 4.78 is 0. The van der Waals surface area contributed by atoms with Crippen molar-refractivity contribution in [2.24, 2.45) is 11.8 Å². The summed E-state index contributed by atoms with van der Waals surface area (Å²) in [7, 11) is 0. The molecular weight excluding hydrogens is 180 g/mol. The lowest BCUT2D eigenvalue weighted by Gasteiger charge is -2.20. The molecule has 0 aromatic carbocycles. The Bertz CT molecular complexity index is 270. The van der Waals surface area contributed by atoms with Gasteiger partial charge < -0.3 is 0 Å². The molecule has 14 heavy (non-hydrogen) atoms. The van der Waals surface area contributed by atoms with Gasteiger partial charge in [0.15, 0.2) is 0 Å². The topological polar surface area (TPSA) is 87.9 Å². The summed E-state index contributed by atoms with van der Waals surface area (Å²) in [5, 5.41) is 0. The molecule has 5 N–H and O–H groups in total. The van der Waals surface area contributed by atoms with Gasteiger partial charge in [0.25, 0.3) is 0 Å². The van der Waals surface area contributed by atoms with E-state index in [4.69, 9.17) is 5.84 Å². The molecule has 1 unspecified atom stereocenters. The van der Waals surface area contributed by atoms with Gasteiger partial charge in [-0.25, -0.2) is 9.97 Å². The second-order valence-electron chi connectivity index (χ2n) is 3.34. The van der Waals surface area contributed by atoms with Crippen molar-refractivity contribution in [2.45, 2.75) is 6.04 Å². The van der Waals surface area contributed by atoms with E-state index < -0.39 is 0 Å². The Morgan fingerprint density at radius 1 is 1.36 bits per heavy atom. The number of nitrogens with zero attached hydrogens (tertiary/aromatic N) is 2. The van der Waals surface area contributed by atoms with Crippen LogP contribution in [-0.4, -0.2) is 23.1 Å². The van der Waals surface area contributed by atoms with Crippen molar-refractivity contribution < 1.29 is 0 Å². The van der Waals surface area contributed by atoms with Crippen LogP contribution >= 0.6 is 0 Å². The van der Waals surface area contributed by atoms with Crippen LogP contribution < -0.4 is 22.1 Å². The van der Waals surface area contributed by atoms with Crippen molar-refractivity contribution in [3.8, 4) is 0 Å². The van der Waals surface area contributed by atoms with E-state index in [1.807, 2.05) is 0 Å². The third kappa shape index (κ3) is 1.88. The van der Waals surface area contributed by atoms with E-state index in [2.05, 4.69) is 26.2 Å². The molecule has 1 aromatic rings. The summed E-state index contributed by atoms with van der Waals surface area (Å²) in [6.07, 6.45) is 5.09. The summed E-state index contributed by atoms with van der Waals surface area (Å²) in [5.41, 5.74) is 9.96. The minimum Gasteiger partial charge on any atom is -0.271 e. The Morgan fingerprint density at radius 2 is 2.00 bits per heavy atom. The number of aromatic nitrogens is 2. The number of nitrogens with two attached hydrogens (primary N) is 1. The maximum atomic E-state index is 5.52. The Kier molecular flexibility index (Phi) is 3.00. The van der Waals surface area contributed by atoms with Crippen molar-refractivity contribution in [3.63, 3.8) is 0 Å². The highest BCUT2D eigenvalue weighted by Gasteiger charge is 2.25. The molecule has 0 aliphatic carbocycles. The maximum absolute atomic E-state index is 5.52. The predicted octanol–water partition coefficient (Wildman–Crippen LogP) is -1.29. The third-order valence-corrected chi connectivity index (χ3v) is 2.44. The minimum absolute atomic E-state index is 0.0960. The first-order valence-corrected chi connectivity index (χ1v) is 4.58. The first-order valence-electron chi connectivity index (χ1n) is 4.58. The average molecular weight is 194 g/mol. The fourth-order valence-corrected chi connectivity index (χ4v) is 1.69. The van der Waals surface area contributed by atoms with Crippen LogP contribution in [-0.2, 0) is 0 Å². The number of hydrogen-bond acceptors (Lipinski definition) is 6. The first-order chi connectivity index (χ1) is 6.92. The Labute approximate surface area is 82.3 Å². The third-order valence-electron chi connectivity index (χ3n) is 2.44. The molecule has 1 aliphatic rings. The van der Waals surface area contributed by atoms with E-state index in [1.54, 1.807) is 12.4 Å². The zero-order valence-corrected chi connectivity index (χ0v) is 7.77. The van der Waals surface area contributed by atoms with Gasteiger partial charge in [0.1, 0.15) is 6.33 Å². The lowest BCUT2D eigenvalue weighted by Crippen LogP contribution is -2.35. The fourth-order valence-electron chi connectivity index (χ4n) is 1.69. The van der Waals surface area contributed by atoms with Crippen molar-refractivity contribution in [2.75, 3.05) is 13.1 Å². The van der Waals surface area contributed by atoms with Gasteiger partial charge in [-0.05, 0) is 0 Å². The highest BCUT2D eigenvalue weighted by molar-refractivity contribution is 5.11. The Balaban J connectivity index is 2.12. The van der Waals surface area contributed by atoms with Gasteiger partial charge in [0.2, 0.25) is 0 Å². The molecule has 2 rings (SSSR count). The van der Waals surface area contributed by atoms with Crippen LogP contribution in [0.3, 0.4) is 0 Å². The summed E-state index contributed by atoms with van der Waals surface area (Å²) in [6, 6.07) is 0.0960. The van der Waals surface area contributed by atoms with Crippen LogP contribution in [0.25, 0.3) is 0 Å². The van der Waals surface area contributed by atoms with E-state index in [9.17, 15) is 0 Å². The quantitative estimate of drug-likeness (QED) is 0.353. The molecule has 0 radical (unpaired) electrons. The van der Waals surface area contributed by atoms with Gasteiger partial charge >= 0.3 is 0 Å². The van der Waals surface area contributed by atoms with Gasteiger partial charge in [0, 0.05) is 37.0 Å². The van der Waals surface area contributed by atoms with Crippen LogP contribution in [0.4, 0.5) is 0 Å². The molecule has 1 atom stereocenters. The van der Waals surface area contributed by atoms with Crippen LogP contribution in [0.15, 0.2) is 18.7 Å². The van der Waals surface area contributed by atoms with Gasteiger partial charge in [0.05, 0.1) is 6.04 Å². The number of hydrogen-bond donors (Lipinski definition) is 4. The van der Waals surface area contributed by atoms with Gasteiger partial charge in [-0.1, -0.05) is 0 Å². The smallest absolute Gasteiger partial charge is 0.115 e. The molecule has 76 valence electrons. The minimum atomic E-state index is 0.0960. The van der Waals surface area contributed by atoms with Crippen molar-refractivity contribution in [1.29, 1.82) is 0 Å². The van der Waals surface area contributed by atoms with Gasteiger partial charge in [-0.15, -0.1) is 0 Å². The zero-order chi connectivity index (χ0) is 9.80. The number of nitrogens with one attached hydrogen (secondary N) is 3. The second-order valence-corrected chi connectivity index (χ2v) is 3.34. The lowest BCUT2D eigenvalue weighted by molar-refractivity contribution is 0.404. The molecule has 0 spiro atoms. The Morgan fingerprint density at radius 3 is 2.57 bits per heavy atom. The van der Waals surface area contributed by atoms with E-state index in [0.29, 0.717) is 5.92 Å². The fraction of sp³-hybridized carbons (Fsp3) is 0.500. The van der Waals surface area contributed by atoms with Crippen LogP contribution in [0.1, 0.15) is 11.6 Å². The monoisotopic (exact) mass is 194 g/mol. The largest absolute Gasteiger partial charge is 0.271 e. The second kappa shape index (κ2) is 4.43. The van der Waals surface area contributed by atoms with Crippen LogP contribution in [0.2, 0.25) is 0 Å². The van der Waals surface area contributed by atoms with Crippen LogP contribution in [0, 0.1) is 5.92 Å². The Hall–Kier alpha value is -1.08. The van der Waals surface area contributed by atoms with E-state index in [-0.39, 0.29) is 6.04 Å². The predicted molar refractivity (Wildman–Crippen MR) is 51.6 cm³/mol. The lowest BCUT2D eigenvalue weighted by atomic mass is 9.96. The van der Waals surface area contributed by atoms with Crippen molar-refractivity contribution in [1.82, 2.24) is 26.2 Å². The molecule has 0 bridgehead atoms. The maximum Gasteiger partial charge on any atom is 0.115 e. The van der Waals surface area contributed by atoms with E-state index in [1.165, 1.54) is 6.33 Å². The normalized spacial score (nSPS) is 19.8. The van der Waals surface area contributed by atoms with Gasteiger partial charge in [-0.2, -0.15) is 0 Å². The molecule has 1 fully saturated rings. The first kappa shape index (κ1) is 9.47.